The fourth-order valence-electron chi connectivity index (χ4n) is 7.68. The van der Waals surface area contributed by atoms with Crippen molar-refractivity contribution in [1.29, 1.82) is 0 Å². The molecule has 0 amide bonds. The maximum atomic E-state index is 12.7. The summed E-state index contributed by atoms with van der Waals surface area (Å²) in [5.41, 5.74) is -0.365. The highest BCUT2D eigenvalue weighted by Gasteiger charge is 2.68. The second kappa shape index (κ2) is 7.96. The third-order valence-corrected chi connectivity index (χ3v) is 8.80. The molecule has 164 valence electrons. The molecule has 3 saturated carbocycles. The molecular weight excluding hydrogens is 360 g/mol. The number of ketones is 1. The average Bonchev–Trinajstić information content (AvgIpc) is 2.93. The van der Waals surface area contributed by atoms with Crippen LogP contribution in [0, 0.1) is 34.5 Å². The molecule has 3 fully saturated rings. The van der Waals surface area contributed by atoms with Crippen LogP contribution in [0.15, 0.2) is 23.8 Å². The number of fused-ring (bicyclic) bond motifs is 5. The summed E-state index contributed by atoms with van der Waals surface area (Å²) < 4.78 is 0. The largest absolute Gasteiger partial charge is 0.393 e. The quantitative estimate of drug-likeness (QED) is 0.603. The molecule has 0 radical (unpaired) electrons. The molecule has 0 aromatic rings. The lowest BCUT2D eigenvalue weighted by atomic mass is 9.45. The van der Waals surface area contributed by atoms with Gasteiger partial charge in [-0.2, -0.15) is 0 Å². The van der Waals surface area contributed by atoms with Gasteiger partial charge in [0.1, 0.15) is 5.60 Å². The molecule has 0 spiro atoms. The van der Waals surface area contributed by atoms with Crippen LogP contribution in [0.3, 0.4) is 0 Å². The lowest BCUT2D eigenvalue weighted by molar-refractivity contribution is -0.178. The van der Waals surface area contributed by atoms with E-state index in [1.54, 1.807) is 0 Å². The first-order chi connectivity index (χ1) is 13.6. The van der Waals surface area contributed by atoms with Gasteiger partial charge >= 0.3 is 0 Å². The third kappa shape index (κ3) is 3.19. The van der Waals surface area contributed by atoms with Crippen LogP contribution < -0.4 is 0 Å². The van der Waals surface area contributed by atoms with E-state index in [4.69, 9.17) is 0 Å². The lowest BCUT2D eigenvalue weighted by Crippen LogP contribution is -2.61. The average molecular weight is 403 g/mol. The SMILES string of the molecule is CCC.CCC(=O)[C@@]1(O)CC[C@H]2[C@@H]3C[C@H](C)C4=CCC=C[C@]4(C)[C@H]3[C@@H](O)C[C@@]21C. The van der Waals surface area contributed by atoms with Crippen molar-refractivity contribution < 1.29 is 15.0 Å². The number of hydrogen-bond donors (Lipinski definition) is 2. The molecule has 2 N–H and O–H groups in total. The molecule has 29 heavy (non-hydrogen) atoms. The molecule has 0 aromatic carbocycles. The normalized spacial score (nSPS) is 47.9. The smallest absolute Gasteiger partial charge is 0.164 e. The van der Waals surface area contributed by atoms with Gasteiger partial charge in [0.2, 0.25) is 0 Å². The molecule has 0 unspecified atom stereocenters. The van der Waals surface area contributed by atoms with Gasteiger partial charge in [-0.05, 0) is 49.9 Å². The van der Waals surface area contributed by atoms with Gasteiger partial charge in [0.05, 0.1) is 6.10 Å². The number of aliphatic hydroxyl groups excluding tert-OH is 1. The van der Waals surface area contributed by atoms with E-state index in [-0.39, 0.29) is 17.1 Å². The van der Waals surface area contributed by atoms with E-state index in [1.807, 2.05) is 6.92 Å². The first-order valence-corrected chi connectivity index (χ1v) is 11.9. The van der Waals surface area contributed by atoms with Gasteiger partial charge in [-0.15, -0.1) is 0 Å². The van der Waals surface area contributed by atoms with Crippen molar-refractivity contribution in [3.63, 3.8) is 0 Å². The number of carbonyl (C=O) groups excluding carboxylic acids is 1. The highest BCUT2D eigenvalue weighted by Crippen LogP contribution is 2.67. The molecule has 3 heteroatoms. The Morgan fingerprint density at radius 3 is 2.52 bits per heavy atom. The zero-order chi connectivity index (χ0) is 21.6. The number of Topliss-reactive ketones (excluding diaryl/α,β-unsaturated/α-hetero) is 1. The van der Waals surface area contributed by atoms with Crippen molar-refractivity contribution in [3.8, 4) is 0 Å². The molecule has 0 aromatic heterocycles. The van der Waals surface area contributed by atoms with Gasteiger partial charge in [-0.3, -0.25) is 4.79 Å². The van der Waals surface area contributed by atoms with E-state index in [2.05, 4.69) is 52.8 Å². The monoisotopic (exact) mass is 402 g/mol. The highest BCUT2D eigenvalue weighted by atomic mass is 16.3. The summed E-state index contributed by atoms with van der Waals surface area (Å²) in [4.78, 5) is 12.7. The van der Waals surface area contributed by atoms with E-state index in [0.29, 0.717) is 37.0 Å². The van der Waals surface area contributed by atoms with Crippen LogP contribution in [0.1, 0.15) is 86.5 Å². The summed E-state index contributed by atoms with van der Waals surface area (Å²) in [5.74, 6) is 1.33. The van der Waals surface area contributed by atoms with Gasteiger partial charge < -0.3 is 10.2 Å². The Balaban J connectivity index is 0.000000755. The lowest BCUT2D eigenvalue weighted by Gasteiger charge is -2.61. The molecular formula is C26H42O3. The van der Waals surface area contributed by atoms with Crippen LogP contribution in [0.25, 0.3) is 0 Å². The fraction of sp³-hybridized carbons (Fsp3) is 0.808. The Bertz CT molecular complexity index is 694. The van der Waals surface area contributed by atoms with Crippen LogP contribution in [0.4, 0.5) is 0 Å². The second-order valence-electron chi connectivity index (χ2n) is 10.6. The summed E-state index contributed by atoms with van der Waals surface area (Å²) in [6.45, 7) is 12.8. The van der Waals surface area contributed by atoms with E-state index >= 15 is 0 Å². The molecule has 4 aliphatic rings. The van der Waals surface area contributed by atoms with Crippen LogP contribution in [-0.4, -0.2) is 27.7 Å². The Morgan fingerprint density at radius 2 is 1.90 bits per heavy atom. The predicted molar refractivity (Wildman–Crippen MR) is 118 cm³/mol. The maximum absolute atomic E-state index is 12.7. The second-order valence-corrected chi connectivity index (χ2v) is 10.6. The van der Waals surface area contributed by atoms with Gasteiger partial charge in [-0.25, -0.2) is 0 Å². The fourth-order valence-corrected chi connectivity index (χ4v) is 7.68. The number of rotatable bonds is 2. The van der Waals surface area contributed by atoms with Crippen molar-refractivity contribution in [2.75, 3.05) is 0 Å². The number of hydrogen-bond acceptors (Lipinski definition) is 3. The van der Waals surface area contributed by atoms with Crippen LogP contribution in [0.2, 0.25) is 0 Å². The molecule has 0 heterocycles. The van der Waals surface area contributed by atoms with Crippen molar-refractivity contribution in [3.05, 3.63) is 23.8 Å². The zero-order valence-corrected chi connectivity index (χ0v) is 19.4. The summed E-state index contributed by atoms with van der Waals surface area (Å²) in [5, 5.41) is 22.7. The summed E-state index contributed by atoms with van der Waals surface area (Å²) in [7, 11) is 0. The van der Waals surface area contributed by atoms with E-state index in [0.717, 1.165) is 19.3 Å². The Hall–Kier alpha value is -0.930. The molecule has 0 aliphatic heterocycles. The molecule has 3 nitrogen and oxygen atoms in total. The van der Waals surface area contributed by atoms with Crippen molar-refractivity contribution in [2.45, 2.75) is 98.2 Å². The minimum atomic E-state index is -1.26. The molecule has 0 saturated heterocycles. The summed E-state index contributed by atoms with van der Waals surface area (Å²) in [6.07, 6.45) is 12.1. The molecule has 4 aliphatic carbocycles. The summed E-state index contributed by atoms with van der Waals surface area (Å²) in [6, 6.07) is 0. The number of aliphatic hydroxyl groups is 2. The highest BCUT2D eigenvalue weighted by molar-refractivity contribution is 5.88. The minimum Gasteiger partial charge on any atom is -0.393 e. The van der Waals surface area contributed by atoms with Crippen molar-refractivity contribution in [1.82, 2.24) is 0 Å². The van der Waals surface area contributed by atoms with Gasteiger partial charge in [0.15, 0.2) is 5.78 Å². The van der Waals surface area contributed by atoms with E-state index < -0.39 is 17.1 Å². The molecule has 4 rings (SSSR count). The van der Waals surface area contributed by atoms with Gasteiger partial charge in [0.25, 0.3) is 0 Å². The van der Waals surface area contributed by atoms with E-state index in [1.165, 1.54) is 12.0 Å². The third-order valence-electron chi connectivity index (χ3n) is 8.80. The van der Waals surface area contributed by atoms with E-state index in [9.17, 15) is 15.0 Å². The van der Waals surface area contributed by atoms with Crippen molar-refractivity contribution >= 4 is 5.78 Å². The first-order valence-electron chi connectivity index (χ1n) is 11.9. The van der Waals surface area contributed by atoms with Crippen LogP contribution >= 0.6 is 0 Å². The van der Waals surface area contributed by atoms with Crippen LogP contribution in [-0.2, 0) is 4.79 Å². The maximum Gasteiger partial charge on any atom is 0.164 e. The topological polar surface area (TPSA) is 57.5 Å². The van der Waals surface area contributed by atoms with Crippen LogP contribution in [0.5, 0.6) is 0 Å². The Morgan fingerprint density at radius 1 is 1.24 bits per heavy atom. The standard InChI is InChI=1S/C23H34O3.C3H8/c1-5-19(25)23(26)11-9-17-15-12-14(2)16-8-6-7-10-21(16,3)20(15)18(24)13-22(17,23)4;1-3-2/h7-8,10,14-15,17-18,20,24,26H,5-6,9,11-13H2,1-4H3;3H2,1-2H3/t14-,15-,17-,18-,20+,21-,22-,23-;/m0./s1. The minimum absolute atomic E-state index is 0.0404. The Labute approximate surface area is 177 Å². The zero-order valence-electron chi connectivity index (χ0n) is 19.4. The van der Waals surface area contributed by atoms with Gasteiger partial charge in [-0.1, -0.05) is 71.8 Å². The first kappa shape index (κ1) is 22.7. The van der Waals surface area contributed by atoms with Crippen molar-refractivity contribution in [2.24, 2.45) is 34.5 Å². The molecule has 8 atom stereocenters. The summed E-state index contributed by atoms with van der Waals surface area (Å²) >= 11 is 0. The molecule has 0 bridgehead atoms. The predicted octanol–water partition coefficient (Wildman–Crippen LogP) is 5.46. The van der Waals surface area contributed by atoms with Gasteiger partial charge in [0, 0.05) is 23.2 Å². The number of carbonyl (C=O) groups is 1. The Kier molecular flexibility index (Phi) is 6.25. The number of allylic oxidation sites excluding steroid dienone is 4.